The molecule has 1 N–H and O–H groups in total. The van der Waals surface area contributed by atoms with E-state index in [0.29, 0.717) is 34.7 Å². The van der Waals surface area contributed by atoms with E-state index in [1.807, 2.05) is 24.3 Å². The fourth-order valence-electron chi connectivity index (χ4n) is 3.13. The Balaban J connectivity index is 1.88. The molecular formula is C22H21F3N2O3. The zero-order valence-electron chi connectivity index (χ0n) is 16.7. The Morgan fingerprint density at radius 1 is 1.00 bits per heavy atom. The molecule has 0 fully saturated rings. The van der Waals surface area contributed by atoms with E-state index in [-0.39, 0.29) is 5.75 Å². The van der Waals surface area contributed by atoms with Crippen LogP contribution >= 0.6 is 0 Å². The van der Waals surface area contributed by atoms with Gasteiger partial charge in [-0.15, -0.1) is 5.10 Å². The van der Waals surface area contributed by atoms with Crippen molar-refractivity contribution in [3.05, 3.63) is 70.9 Å². The van der Waals surface area contributed by atoms with E-state index in [0.717, 1.165) is 17.7 Å². The Hall–Kier alpha value is -3.13. The van der Waals surface area contributed by atoms with Gasteiger partial charge in [0.05, 0.1) is 31.2 Å². The molecule has 1 heterocycles. The zero-order chi connectivity index (χ0) is 21.9. The van der Waals surface area contributed by atoms with Crippen LogP contribution in [-0.2, 0) is 12.6 Å². The average molecular weight is 418 g/mol. The van der Waals surface area contributed by atoms with Gasteiger partial charge in [-0.3, -0.25) is 0 Å². The summed E-state index contributed by atoms with van der Waals surface area (Å²) in [5.41, 5.74) is 1.86. The van der Waals surface area contributed by atoms with E-state index in [4.69, 9.17) is 9.47 Å². The Morgan fingerprint density at radius 3 is 2.40 bits per heavy atom. The molecular weight excluding hydrogens is 397 g/mol. The third-order valence-electron chi connectivity index (χ3n) is 4.69. The van der Waals surface area contributed by atoms with Crippen LogP contribution in [0, 0.1) is 6.92 Å². The van der Waals surface area contributed by atoms with Crippen LogP contribution in [0.5, 0.6) is 11.5 Å². The van der Waals surface area contributed by atoms with Crippen molar-refractivity contribution < 1.29 is 27.8 Å². The lowest BCUT2D eigenvalue weighted by Crippen LogP contribution is -2.08. The van der Waals surface area contributed by atoms with Gasteiger partial charge in [-0.2, -0.15) is 18.3 Å². The maximum absolute atomic E-state index is 13.0. The normalized spacial score (nSPS) is 12.5. The summed E-state index contributed by atoms with van der Waals surface area (Å²) in [6.07, 6.45) is -5.05. The van der Waals surface area contributed by atoms with E-state index in [1.54, 1.807) is 20.1 Å². The number of aryl methyl sites for hydroxylation is 1. The minimum absolute atomic E-state index is 0.0481. The largest absolute Gasteiger partial charge is 0.497 e. The van der Waals surface area contributed by atoms with Crippen molar-refractivity contribution in [3.63, 3.8) is 0 Å². The van der Waals surface area contributed by atoms with Crippen LogP contribution in [0.25, 0.3) is 11.3 Å². The minimum Gasteiger partial charge on any atom is -0.497 e. The van der Waals surface area contributed by atoms with E-state index in [9.17, 15) is 18.3 Å². The number of ether oxygens (including phenoxy) is 2. The standard InChI is InChI=1S/C22H21F3N2O3/c1-13-9-18(19(28)11-14-5-4-6-16(10-14)29-2)26-27-21(13)17-8-7-15(22(23,24)25)12-20(17)30-3/h4-10,12,19,28H,11H2,1-3H3. The van der Waals surface area contributed by atoms with Crippen LogP contribution in [0.15, 0.2) is 48.5 Å². The monoisotopic (exact) mass is 418 g/mol. The van der Waals surface area contributed by atoms with Crippen molar-refractivity contribution in [2.45, 2.75) is 25.6 Å². The van der Waals surface area contributed by atoms with Crippen molar-refractivity contribution >= 4 is 0 Å². The third kappa shape index (κ3) is 4.71. The lowest BCUT2D eigenvalue weighted by atomic mass is 10.0. The molecule has 0 spiro atoms. The molecule has 0 saturated heterocycles. The van der Waals surface area contributed by atoms with Gasteiger partial charge in [0.15, 0.2) is 0 Å². The smallest absolute Gasteiger partial charge is 0.416 e. The highest BCUT2D eigenvalue weighted by Crippen LogP contribution is 2.37. The zero-order valence-corrected chi connectivity index (χ0v) is 16.7. The molecule has 1 unspecified atom stereocenters. The molecule has 158 valence electrons. The van der Waals surface area contributed by atoms with Gasteiger partial charge < -0.3 is 14.6 Å². The molecule has 1 atom stereocenters. The van der Waals surface area contributed by atoms with E-state index in [1.165, 1.54) is 13.2 Å². The topological polar surface area (TPSA) is 64.5 Å². The maximum Gasteiger partial charge on any atom is 0.416 e. The van der Waals surface area contributed by atoms with Gasteiger partial charge >= 0.3 is 6.18 Å². The molecule has 0 amide bonds. The van der Waals surface area contributed by atoms with Crippen LogP contribution in [0.3, 0.4) is 0 Å². The number of hydrogen-bond acceptors (Lipinski definition) is 5. The average Bonchev–Trinajstić information content (AvgIpc) is 2.72. The summed E-state index contributed by atoms with van der Waals surface area (Å²) in [4.78, 5) is 0. The molecule has 0 aliphatic carbocycles. The number of nitrogens with zero attached hydrogens (tertiary/aromatic N) is 2. The highest BCUT2D eigenvalue weighted by Gasteiger charge is 2.31. The third-order valence-corrected chi connectivity index (χ3v) is 4.69. The Morgan fingerprint density at radius 2 is 1.77 bits per heavy atom. The first-order chi connectivity index (χ1) is 14.2. The summed E-state index contributed by atoms with van der Waals surface area (Å²) in [5.74, 6) is 0.735. The molecule has 0 radical (unpaired) electrons. The fourth-order valence-corrected chi connectivity index (χ4v) is 3.13. The van der Waals surface area contributed by atoms with Crippen molar-refractivity contribution in [3.8, 4) is 22.8 Å². The van der Waals surface area contributed by atoms with Gasteiger partial charge in [0, 0.05) is 12.0 Å². The number of aromatic nitrogens is 2. The summed E-state index contributed by atoms with van der Waals surface area (Å²) >= 11 is 0. The summed E-state index contributed by atoms with van der Waals surface area (Å²) in [5, 5.41) is 18.8. The van der Waals surface area contributed by atoms with Crippen molar-refractivity contribution in [2.75, 3.05) is 14.2 Å². The number of aliphatic hydroxyl groups excluding tert-OH is 1. The molecule has 3 rings (SSSR count). The highest BCUT2D eigenvalue weighted by atomic mass is 19.4. The minimum atomic E-state index is -4.47. The second-order valence-electron chi connectivity index (χ2n) is 6.79. The molecule has 0 aliphatic heterocycles. The van der Waals surface area contributed by atoms with Gasteiger partial charge in [-0.1, -0.05) is 12.1 Å². The van der Waals surface area contributed by atoms with Crippen LogP contribution in [-0.4, -0.2) is 29.5 Å². The van der Waals surface area contributed by atoms with Gasteiger partial charge in [0.1, 0.15) is 17.6 Å². The lowest BCUT2D eigenvalue weighted by molar-refractivity contribution is -0.137. The first-order valence-electron chi connectivity index (χ1n) is 9.13. The molecule has 8 heteroatoms. The molecule has 0 saturated carbocycles. The number of benzene rings is 2. The van der Waals surface area contributed by atoms with Crippen LogP contribution < -0.4 is 9.47 Å². The molecule has 3 aromatic rings. The summed E-state index contributed by atoms with van der Waals surface area (Å²) in [6, 6.07) is 12.2. The highest BCUT2D eigenvalue weighted by molar-refractivity contribution is 5.70. The first-order valence-corrected chi connectivity index (χ1v) is 9.13. The first kappa shape index (κ1) is 21.6. The van der Waals surface area contributed by atoms with E-state index >= 15 is 0 Å². The van der Waals surface area contributed by atoms with Crippen LogP contribution in [0.4, 0.5) is 13.2 Å². The van der Waals surface area contributed by atoms with Gasteiger partial charge in [0.25, 0.3) is 0 Å². The van der Waals surface area contributed by atoms with Crippen LogP contribution in [0.2, 0.25) is 0 Å². The number of aliphatic hydroxyl groups is 1. The molecule has 1 aromatic heterocycles. The SMILES string of the molecule is COc1cccc(CC(O)c2cc(C)c(-c3ccc(C(F)(F)F)cc3OC)nn2)c1. The predicted octanol–water partition coefficient (Wildman–Crippen LogP) is 4.76. The fraction of sp³-hybridized carbons (Fsp3) is 0.273. The van der Waals surface area contributed by atoms with Crippen molar-refractivity contribution in [2.24, 2.45) is 0 Å². The molecule has 0 aliphatic rings. The van der Waals surface area contributed by atoms with E-state index in [2.05, 4.69) is 10.2 Å². The Bertz CT molecular complexity index is 1040. The second-order valence-corrected chi connectivity index (χ2v) is 6.79. The number of hydrogen-bond donors (Lipinski definition) is 1. The predicted molar refractivity (Wildman–Crippen MR) is 105 cm³/mol. The lowest BCUT2D eigenvalue weighted by Gasteiger charge is -2.15. The summed E-state index contributed by atoms with van der Waals surface area (Å²) in [7, 11) is 2.87. The van der Waals surface area contributed by atoms with Gasteiger partial charge in [-0.25, -0.2) is 0 Å². The van der Waals surface area contributed by atoms with E-state index < -0.39 is 17.8 Å². The molecule has 2 aromatic carbocycles. The second kappa shape index (κ2) is 8.71. The number of methoxy groups -OCH3 is 2. The van der Waals surface area contributed by atoms with Crippen LogP contribution in [0.1, 0.15) is 28.5 Å². The molecule has 5 nitrogen and oxygen atoms in total. The summed E-state index contributed by atoms with van der Waals surface area (Å²) in [6.45, 7) is 1.75. The van der Waals surface area contributed by atoms with Crippen molar-refractivity contribution in [1.29, 1.82) is 0 Å². The van der Waals surface area contributed by atoms with Gasteiger partial charge in [0.2, 0.25) is 0 Å². The van der Waals surface area contributed by atoms with Gasteiger partial charge in [-0.05, 0) is 54.4 Å². The Labute approximate surface area is 172 Å². The quantitative estimate of drug-likeness (QED) is 0.625. The number of rotatable bonds is 6. The number of halogens is 3. The molecule has 0 bridgehead atoms. The molecule has 30 heavy (non-hydrogen) atoms. The summed E-state index contributed by atoms with van der Waals surface area (Å²) < 4.78 is 49.2. The van der Waals surface area contributed by atoms with Crippen molar-refractivity contribution in [1.82, 2.24) is 10.2 Å². The Kier molecular flexibility index (Phi) is 6.26. The number of alkyl halides is 3. The maximum atomic E-state index is 13.0.